The van der Waals surface area contributed by atoms with E-state index in [4.69, 9.17) is 9.47 Å². The number of hydrogen-bond acceptors (Lipinski definition) is 4. The Bertz CT molecular complexity index is 848. The Balaban J connectivity index is 1.92. The fraction of sp³-hybridized carbons (Fsp3) is 0.100. The van der Waals surface area contributed by atoms with E-state index in [2.05, 4.69) is 17.4 Å². The number of amides is 2. The summed E-state index contributed by atoms with van der Waals surface area (Å²) in [4.78, 5) is 23.7. The maximum Gasteiger partial charge on any atom is 0.269 e. The van der Waals surface area contributed by atoms with Crippen molar-refractivity contribution in [1.29, 1.82) is 0 Å². The predicted octanol–water partition coefficient (Wildman–Crippen LogP) is 2.87. The second-order valence-electron chi connectivity index (χ2n) is 5.29. The largest absolute Gasteiger partial charge is 0.493 e. The average Bonchev–Trinajstić information content (AvgIpc) is 2.69. The van der Waals surface area contributed by atoms with E-state index < -0.39 is 17.6 Å². The van der Waals surface area contributed by atoms with Crippen LogP contribution in [0.3, 0.4) is 0 Å². The lowest BCUT2D eigenvalue weighted by molar-refractivity contribution is -0.117. The van der Waals surface area contributed by atoms with Crippen molar-refractivity contribution in [3.05, 3.63) is 78.1 Å². The van der Waals surface area contributed by atoms with Crippen molar-refractivity contribution >= 4 is 17.9 Å². The third-order valence-corrected chi connectivity index (χ3v) is 3.38. The van der Waals surface area contributed by atoms with Crippen molar-refractivity contribution in [2.45, 2.75) is 0 Å². The van der Waals surface area contributed by atoms with Gasteiger partial charge in [0.1, 0.15) is 12.4 Å². The molecule has 0 aliphatic heterocycles. The lowest BCUT2D eigenvalue weighted by Crippen LogP contribution is -2.40. The highest BCUT2D eigenvalue weighted by Gasteiger charge is 2.07. The topological polar surface area (TPSA) is 76.7 Å². The molecular weight excluding hydrogens is 351 g/mol. The molecule has 0 unspecified atom stereocenters. The van der Waals surface area contributed by atoms with Gasteiger partial charge in [0, 0.05) is 11.6 Å². The molecule has 2 rings (SSSR count). The zero-order valence-corrected chi connectivity index (χ0v) is 14.7. The van der Waals surface area contributed by atoms with E-state index in [0.717, 1.165) is 12.1 Å². The van der Waals surface area contributed by atoms with Gasteiger partial charge >= 0.3 is 0 Å². The van der Waals surface area contributed by atoms with E-state index in [1.807, 2.05) is 0 Å². The smallest absolute Gasteiger partial charge is 0.269 e. The minimum absolute atomic E-state index is 0.223. The first-order chi connectivity index (χ1) is 13.0. The van der Waals surface area contributed by atoms with Crippen LogP contribution in [0.4, 0.5) is 4.39 Å². The van der Waals surface area contributed by atoms with Gasteiger partial charge in [-0.25, -0.2) is 4.39 Å². The molecule has 7 heteroatoms. The Hall–Kier alpha value is -3.61. The van der Waals surface area contributed by atoms with Gasteiger partial charge in [-0.15, -0.1) is 0 Å². The van der Waals surface area contributed by atoms with Crippen LogP contribution >= 0.6 is 0 Å². The van der Waals surface area contributed by atoms with Crippen LogP contribution in [0.2, 0.25) is 0 Å². The van der Waals surface area contributed by atoms with Crippen LogP contribution in [0, 0.1) is 5.82 Å². The number of methoxy groups -OCH3 is 1. The van der Waals surface area contributed by atoms with E-state index in [9.17, 15) is 14.0 Å². The highest BCUT2D eigenvalue weighted by atomic mass is 19.1. The van der Waals surface area contributed by atoms with E-state index in [1.54, 1.807) is 30.4 Å². The van der Waals surface area contributed by atoms with Crippen LogP contribution in [-0.2, 0) is 4.79 Å². The summed E-state index contributed by atoms with van der Waals surface area (Å²) in [6, 6.07) is 10.1. The Morgan fingerprint density at radius 3 is 2.52 bits per heavy atom. The summed E-state index contributed by atoms with van der Waals surface area (Å²) < 4.78 is 23.5. The zero-order chi connectivity index (χ0) is 19.6. The molecule has 0 aliphatic rings. The maximum atomic E-state index is 12.8. The van der Waals surface area contributed by atoms with Crippen molar-refractivity contribution in [2.75, 3.05) is 13.7 Å². The lowest BCUT2D eigenvalue weighted by atomic mass is 10.2. The lowest BCUT2D eigenvalue weighted by Gasteiger charge is -2.09. The Morgan fingerprint density at radius 1 is 1.11 bits per heavy atom. The molecule has 27 heavy (non-hydrogen) atoms. The van der Waals surface area contributed by atoms with Crippen molar-refractivity contribution in [2.24, 2.45) is 0 Å². The van der Waals surface area contributed by atoms with Crippen LogP contribution in [0.1, 0.15) is 15.9 Å². The summed E-state index contributed by atoms with van der Waals surface area (Å²) >= 11 is 0. The number of nitrogens with one attached hydrogen (secondary N) is 2. The number of hydrogen-bond donors (Lipinski definition) is 2. The average molecular weight is 370 g/mol. The van der Waals surface area contributed by atoms with E-state index in [-0.39, 0.29) is 5.56 Å². The molecule has 0 fully saturated rings. The molecule has 0 saturated heterocycles. The molecule has 140 valence electrons. The van der Waals surface area contributed by atoms with Crippen molar-refractivity contribution in [3.8, 4) is 11.5 Å². The van der Waals surface area contributed by atoms with Gasteiger partial charge in [-0.2, -0.15) is 0 Å². The normalized spacial score (nSPS) is 10.3. The van der Waals surface area contributed by atoms with Crippen molar-refractivity contribution < 1.29 is 23.5 Å². The number of rotatable bonds is 7. The summed E-state index contributed by atoms with van der Waals surface area (Å²) in [5.41, 5.74) is 5.42. The van der Waals surface area contributed by atoms with Gasteiger partial charge in [0.15, 0.2) is 11.5 Å². The number of hydrazine groups is 1. The molecule has 0 aliphatic carbocycles. The molecule has 2 N–H and O–H groups in total. The molecule has 2 aromatic carbocycles. The zero-order valence-electron chi connectivity index (χ0n) is 14.7. The summed E-state index contributed by atoms with van der Waals surface area (Å²) in [7, 11) is 1.52. The first-order valence-electron chi connectivity index (χ1n) is 7.99. The molecule has 0 heterocycles. The number of carbonyl (C=O) groups is 2. The standard InChI is InChI=1S/C20H19FN2O4/c1-3-12-27-17-10-4-14(13-18(17)26-2)5-11-19(24)22-23-20(25)15-6-8-16(21)9-7-15/h3-11,13H,1,12H2,2H3,(H,22,24)(H,23,25)/b11-5+. The van der Waals surface area contributed by atoms with E-state index >= 15 is 0 Å². The highest BCUT2D eigenvalue weighted by molar-refractivity contribution is 5.97. The van der Waals surface area contributed by atoms with Crippen LogP contribution in [0.15, 0.2) is 61.2 Å². The van der Waals surface area contributed by atoms with Gasteiger partial charge in [0.2, 0.25) is 0 Å². The minimum Gasteiger partial charge on any atom is -0.493 e. The third-order valence-electron chi connectivity index (χ3n) is 3.38. The summed E-state index contributed by atoms with van der Waals surface area (Å²) in [5, 5.41) is 0. The molecule has 2 aromatic rings. The number of benzene rings is 2. The highest BCUT2D eigenvalue weighted by Crippen LogP contribution is 2.28. The first kappa shape index (κ1) is 19.7. The predicted molar refractivity (Wildman–Crippen MR) is 99.7 cm³/mol. The molecule has 0 saturated carbocycles. The molecule has 2 amide bonds. The Morgan fingerprint density at radius 2 is 1.85 bits per heavy atom. The summed E-state index contributed by atoms with van der Waals surface area (Å²) in [6.07, 6.45) is 4.43. The SMILES string of the molecule is C=CCOc1ccc(/C=C/C(=O)NNC(=O)c2ccc(F)cc2)cc1OC. The molecular formula is C20H19FN2O4. The second kappa shape index (κ2) is 9.76. The summed E-state index contributed by atoms with van der Waals surface area (Å²) in [5.74, 6) is -0.456. The van der Waals surface area contributed by atoms with E-state index in [1.165, 1.54) is 25.3 Å². The van der Waals surface area contributed by atoms with Crippen LogP contribution in [0.5, 0.6) is 11.5 Å². The number of ether oxygens (including phenoxy) is 2. The fourth-order valence-corrected chi connectivity index (χ4v) is 2.06. The first-order valence-corrected chi connectivity index (χ1v) is 7.99. The summed E-state index contributed by atoms with van der Waals surface area (Å²) in [6.45, 7) is 3.93. The molecule has 0 atom stereocenters. The van der Waals surface area contributed by atoms with Gasteiger partial charge in [0.05, 0.1) is 7.11 Å². The van der Waals surface area contributed by atoms with Crippen molar-refractivity contribution in [3.63, 3.8) is 0 Å². The number of carbonyl (C=O) groups excluding carboxylic acids is 2. The Labute approximate surface area is 156 Å². The van der Waals surface area contributed by atoms with E-state index in [0.29, 0.717) is 23.7 Å². The van der Waals surface area contributed by atoms with Crippen molar-refractivity contribution in [1.82, 2.24) is 10.9 Å². The minimum atomic E-state index is -0.554. The van der Waals surface area contributed by atoms with Gasteiger partial charge in [0.25, 0.3) is 11.8 Å². The molecule has 6 nitrogen and oxygen atoms in total. The molecule has 0 spiro atoms. The second-order valence-corrected chi connectivity index (χ2v) is 5.29. The van der Waals surface area contributed by atoms with Gasteiger partial charge < -0.3 is 9.47 Å². The number of halogens is 1. The molecule has 0 radical (unpaired) electrons. The monoisotopic (exact) mass is 370 g/mol. The van der Waals surface area contributed by atoms with Gasteiger partial charge in [-0.3, -0.25) is 20.4 Å². The molecule has 0 bridgehead atoms. The maximum absolute atomic E-state index is 12.8. The van der Waals surface area contributed by atoms with Crippen LogP contribution in [-0.4, -0.2) is 25.5 Å². The quantitative estimate of drug-likeness (QED) is 0.446. The van der Waals surface area contributed by atoms with Crippen LogP contribution < -0.4 is 20.3 Å². The third kappa shape index (κ3) is 6.00. The Kier molecular flexibility index (Phi) is 7.13. The van der Waals surface area contributed by atoms with Gasteiger partial charge in [-0.1, -0.05) is 18.7 Å². The van der Waals surface area contributed by atoms with Gasteiger partial charge in [-0.05, 0) is 48.0 Å². The fourth-order valence-electron chi connectivity index (χ4n) is 2.06. The van der Waals surface area contributed by atoms with Crippen LogP contribution in [0.25, 0.3) is 6.08 Å². The molecule has 0 aromatic heterocycles.